The van der Waals surface area contributed by atoms with Crippen molar-refractivity contribution < 1.29 is 47.6 Å². The highest BCUT2D eigenvalue weighted by Crippen LogP contribution is 2.14. The number of aryl methyl sites for hydroxylation is 1. The van der Waals surface area contributed by atoms with Crippen molar-refractivity contribution in [2.24, 2.45) is 0 Å². The smallest absolute Gasteiger partial charge is 0.253 e. The summed E-state index contributed by atoms with van der Waals surface area (Å²) in [5, 5.41) is 21.4. The van der Waals surface area contributed by atoms with Crippen LogP contribution in [0.25, 0.3) is 11.4 Å². The van der Waals surface area contributed by atoms with E-state index in [1.807, 2.05) is 24.3 Å². The van der Waals surface area contributed by atoms with Gasteiger partial charge in [0.25, 0.3) is 11.8 Å². The molecule has 0 radical (unpaired) electrons. The highest BCUT2D eigenvalue weighted by Gasteiger charge is 2.23. The van der Waals surface area contributed by atoms with Crippen LogP contribution in [0.5, 0.6) is 0 Å². The summed E-state index contributed by atoms with van der Waals surface area (Å²) < 4.78 is 32.6. The molecule has 2 N–H and O–H groups in total. The Balaban J connectivity index is 0.993. The van der Waals surface area contributed by atoms with Crippen molar-refractivity contribution in [1.29, 1.82) is 0 Å². The normalized spacial score (nSPS) is 12.6. The van der Waals surface area contributed by atoms with Crippen LogP contribution < -0.4 is 10.6 Å². The molecule has 0 atom stereocenters. The highest BCUT2D eigenvalue weighted by molar-refractivity contribution is 6.13. The average Bonchev–Trinajstić information content (AvgIpc) is 3.43. The van der Waals surface area contributed by atoms with Crippen LogP contribution in [0.15, 0.2) is 36.4 Å². The SMILES string of the molecule is Cc1nnc(-c2ccc(CNC(=O)CCOCCOCCOCCOCCOCCOCCNC(=O)CCN3C(=O)C=CC3=O)cc2)nn1. The number of carbonyl (C=O) groups is 4. The third-order valence-corrected chi connectivity index (χ3v) is 6.65. The minimum absolute atomic E-state index is 0.0460. The number of aromatic nitrogens is 4. The second kappa shape index (κ2) is 24.0. The molecule has 0 fully saturated rings. The van der Waals surface area contributed by atoms with Crippen LogP contribution in [0.3, 0.4) is 0 Å². The number of ether oxygens (including phenoxy) is 6. The summed E-state index contributed by atoms with van der Waals surface area (Å²) in [6, 6.07) is 7.51. The van der Waals surface area contributed by atoms with Gasteiger partial charge in [-0.05, 0) is 12.5 Å². The number of carbonyl (C=O) groups excluding carboxylic acids is 4. The molecule has 0 spiro atoms. The fraction of sp³-hybridized carbons (Fsp3) is 0.562. The molecule has 2 aromatic rings. The first-order valence-corrected chi connectivity index (χ1v) is 16.1. The Bertz CT molecular complexity index is 1290. The molecule has 0 bridgehead atoms. The zero-order chi connectivity index (χ0) is 34.9. The van der Waals surface area contributed by atoms with Crippen LogP contribution in [0.4, 0.5) is 0 Å². The van der Waals surface area contributed by atoms with Crippen LogP contribution in [0, 0.1) is 6.92 Å². The predicted molar refractivity (Wildman–Crippen MR) is 173 cm³/mol. The van der Waals surface area contributed by atoms with Crippen LogP contribution in [-0.4, -0.2) is 141 Å². The third-order valence-electron chi connectivity index (χ3n) is 6.65. The lowest BCUT2D eigenvalue weighted by Gasteiger charge is -2.13. The summed E-state index contributed by atoms with van der Waals surface area (Å²) in [4.78, 5) is 47.8. The van der Waals surface area contributed by atoms with Crippen molar-refractivity contribution in [1.82, 2.24) is 35.9 Å². The molecule has 1 aromatic heterocycles. The van der Waals surface area contributed by atoms with Crippen molar-refractivity contribution in [3.63, 3.8) is 0 Å². The zero-order valence-electron chi connectivity index (χ0n) is 27.8. The Kier molecular flexibility index (Phi) is 19.2. The molecule has 0 saturated carbocycles. The summed E-state index contributed by atoms with van der Waals surface area (Å²) in [6.07, 6.45) is 2.68. The summed E-state index contributed by atoms with van der Waals surface area (Å²) in [5.41, 5.74) is 1.75. The standard InChI is InChI=1S/C32H45N7O10/c1-25-35-37-32(38-36-25)27-4-2-26(3-5-27)24-34-29(41)9-12-44-14-16-46-18-20-48-22-23-49-21-19-47-17-15-45-13-10-33-28(40)8-11-39-30(42)6-7-31(39)43/h2-7H,8-24H2,1H3,(H,33,40)(H,34,41). The van der Waals surface area contributed by atoms with E-state index in [-0.39, 0.29) is 31.2 Å². The van der Waals surface area contributed by atoms with Gasteiger partial charge >= 0.3 is 0 Å². The van der Waals surface area contributed by atoms with Gasteiger partial charge in [0.2, 0.25) is 17.6 Å². The topological polar surface area (TPSA) is 203 Å². The summed E-state index contributed by atoms with van der Waals surface area (Å²) in [7, 11) is 0. The maximum atomic E-state index is 12.1. The molecule has 4 amide bonds. The largest absolute Gasteiger partial charge is 0.379 e. The van der Waals surface area contributed by atoms with Crippen LogP contribution in [0.2, 0.25) is 0 Å². The molecule has 17 heteroatoms. The van der Waals surface area contributed by atoms with Gasteiger partial charge in [-0.25, -0.2) is 0 Å². The van der Waals surface area contributed by atoms with Crippen molar-refractivity contribution >= 4 is 23.6 Å². The first kappa shape index (κ1) is 39.2. The summed E-state index contributed by atoms with van der Waals surface area (Å²) >= 11 is 0. The first-order chi connectivity index (χ1) is 23.9. The maximum Gasteiger partial charge on any atom is 0.253 e. The molecule has 49 heavy (non-hydrogen) atoms. The molecule has 1 aliphatic rings. The second-order valence-corrected chi connectivity index (χ2v) is 10.4. The van der Waals surface area contributed by atoms with Gasteiger partial charge in [0.1, 0.15) is 0 Å². The van der Waals surface area contributed by atoms with Gasteiger partial charge in [-0.2, -0.15) is 0 Å². The number of rotatable bonds is 27. The van der Waals surface area contributed by atoms with E-state index in [4.69, 9.17) is 28.4 Å². The van der Waals surface area contributed by atoms with E-state index >= 15 is 0 Å². The average molecular weight is 688 g/mol. The minimum atomic E-state index is -0.402. The first-order valence-electron chi connectivity index (χ1n) is 16.1. The van der Waals surface area contributed by atoms with E-state index in [1.54, 1.807) is 6.92 Å². The van der Waals surface area contributed by atoms with Crippen molar-refractivity contribution in [3.05, 3.63) is 47.8 Å². The van der Waals surface area contributed by atoms with E-state index in [1.165, 1.54) is 12.2 Å². The summed E-state index contributed by atoms with van der Waals surface area (Å²) in [5.74, 6) is -0.205. The van der Waals surface area contributed by atoms with Crippen LogP contribution in [-0.2, 0) is 54.1 Å². The van der Waals surface area contributed by atoms with Gasteiger partial charge < -0.3 is 39.1 Å². The van der Waals surface area contributed by atoms with Gasteiger partial charge in [-0.15, -0.1) is 20.4 Å². The van der Waals surface area contributed by atoms with Crippen molar-refractivity contribution in [3.8, 4) is 11.4 Å². The van der Waals surface area contributed by atoms with Crippen LogP contribution in [0.1, 0.15) is 24.2 Å². The van der Waals surface area contributed by atoms with Gasteiger partial charge in [0, 0.05) is 50.2 Å². The molecule has 0 unspecified atom stereocenters. The minimum Gasteiger partial charge on any atom is -0.379 e. The van der Waals surface area contributed by atoms with Gasteiger partial charge in [-0.3, -0.25) is 24.1 Å². The quantitative estimate of drug-likeness (QED) is 0.0922. The highest BCUT2D eigenvalue weighted by atomic mass is 16.6. The molecular weight excluding hydrogens is 642 g/mol. The van der Waals surface area contributed by atoms with Gasteiger partial charge in [0.05, 0.1) is 79.3 Å². The number of nitrogens with one attached hydrogen (secondary N) is 2. The fourth-order valence-corrected chi connectivity index (χ4v) is 4.04. The third kappa shape index (κ3) is 17.1. The van der Waals surface area contributed by atoms with E-state index in [2.05, 4.69) is 31.0 Å². The Morgan fingerprint density at radius 3 is 1.61 bits per heavy atom. The summed E-state index contributed by atoms with van der Waals surface area (Å²) in [6.45, 7) is 7.27. The Morgan fingerprint density at radius 2 is 1.08 bits per heavy atom. The van der Waals surface area contributed by atoms with E-state index in [0.717, 1.165) is 16.0 Å². The van der Waals surface area contributed by atoms with E-state index in [0.29, 0.717) is 104 Å². The molecule has 2 heterocycles. The number of nitrogens with zero attached hydrogens (tertiary/aromatic N) is 5. The lowest BCUT2D eigenvalue weighted by atomic mass is 10.1. The van der Waals surface area contributed by atoms with Crippen LogP contribution >= 0.6 is 0 Å². The second-order valence-electron chi connectivity index (χ2n) is 10.4. The van der Waals surface area contributed by atoms with Crippen molar-refractivity contribution in [2.45, 2.75) is 26.3 Å². The Morgan fingerprint density at radius 1 is 0.612 bits per heavy atom. The lowest BCUT2D eigenvalue weighted by molar-refractivity contribution is -0.137. The van der Waals surface area contributed by atoms with E-state index < -0.39 is 11.8 Å². The number of imide groups is 1. The van der Waals surface area contributed by atoms with Crippen molar-refractivity contribution in [2.75, 3.05) is 92.4 Å². The Hall–Kier alpha value is -4.26. The molecule has 0 saturated heterocycles. The van der Waals surface area contributed by atoms with Gasteiger partial charge in [0.15, 0.2) is 5.82 Å². The Labute approximate surface area is 285 Å². The number of benzene rings is 1. The molecule has 1 aromatic carbocycles. The fourth-order valence-electron chi connectivity index (χ4n) is 4.04. The molecular formula is C32H45N7O10. The van der Waals surface area contributed by atoms with Gasteiger partial charge in [-0.1, -0.05) is 24.3 Å². The molecule has 1 aliphatic heterocycles. The molecule has 268 valence electrons. The monoisotopic (exact) mass is 687 g/mol. The number of hydrogen-bond donors (Lipinski definition) is 2. The van der Waals surface area contributed by atoms with E-state index in [9.17, 15) is 19.2 Å². The zero-order valence-corrected chi connectivity index (χ0v) is 27.8. The molecule has 3 rings (SSSR count). The molecule has 0 aliphatic carbocycles. The predicted octanol–water partition coefficient (Wildman–Crippen LogP) is -0.221. The lowest BCUT2D eigenvalue weighted by Crippen LogP contribution is -2.35. The number of amides is 4. The number of hydrogen-bond acceptors (Lipinski definition) is 14. The maximum absolute atomic E-state index is 12.1. The molecule has 17 nitrogen and oxygen atoms in total.